The molecule has 0 bridgehead atoms. The molecule has 0 unspecified atom stereocenters. The quantitative estimate of drug-likeness (QED) is 0.776. The molecule has 0 saturated heterocycles. The molecule has 7 heteroatoms. The molecule has 1 N–H and O–H groups in total. The van der Waals surface area contributed by atoms with Crippen LogP contribution >= 0.6 is 0 Å². The maximum absolute atomic E-state index is 8.75. The number of nitrogens with one attached hydrogen (secondary N) is 1. The van der Waals surface area contributed by atoms with Gasteiger partial charge in [0.15, 0.2) is 0 Å². The summed E-state index contributed by atoms with van der Waals surface area (Å²) in [7, 11) is 1.53. The van der Waals surface area contributed by atoms with Crippen molar-refractivity contribution in [2.75, 3.05) is 30.4 Å². The van der Waals surface area contributed by atoms with Gasteiger partial charge in [-0.2, -0.15) is 20.2 Å². The topological polar surface area (TPSA) is 87.0 Å². The molecule has 7 nitrogen and oxygen atoms in total. The van der Waals surface area contributed by atoms with Gasteiger partial charge in [-0.1, -0.05) is 6.92 Å². The summed E-state index contributed by atoms with van der Waals surface area (Å²) in [6, 6.07) is 2.60. The van der Waals surface area contributed by atoms with Crippen LogP contribution in [-0.2, 0) is 0 Å². The van der Waals surface area contributed by atoms with Gasteiger partial charge < -0.3 is 15.0 Å². The fraction of sp³-hybridized carbons (Fsp3) is 0.692. The minimum Gasteiger partial charge on any atom is -0.467 e. The third-order valence-corrected chi connectivity index (χ3v) is 2.66. The Hall–Kier alpha value is -2.10. The summed E-state index contributed by atoms with van der Waals surface area (Å²) < 4.78 is 5.12. The van der Waals surface area contributed by atoms with Gasteiger partial charge in [0, 0.05) is 19.1 Å². The molecule has 1 heterocycles. The highest BCUT2D eigenvalue weighted by Gasteiger charge is 2.16. The number of nitrogens with zero attached hydrogens (tertiary/aromatic N) is 5. The van der Waals surface area contributed by atoms with Crippen molar-refractivity contribution in [3.63, 3.8) is 0 Å². The van der Waals surface area contributed by atoms with E-state index in [1.165, 1.54) is 7.11 Å². The molecule has 0 saturated carbocycles. The van der Waals surface area contributed by atoms with Crippen LogP contribution in [0.2, 0.25) is 0 Å². The SMILES string of the molecule is CCCNc1nc(OC)nc(N(CCC#N)C(C)C)n1. The van der Waals surface area contributed by atoms with Crippen molar-refractivity contribution in [1.29, 1.82) is 5.26 Å². The van der Waals surface area contributed by atoms with Gasteiger partial charge in [0.05, 0.1) is 19.6 Å². The lowest BCUT2D eigenvalue weighted by Gasteiger charge is -2.26. The summed E-state index contributed by atoms with van der Waals surface area (Å²) >= 11 is 0. The van der Waals surface area contributed by atoms with Crippen LogP contribution in [0.15, 0.2) is 0 Å². The van der Waals surface area contributed by atoms with Gasteiger partial charge in [-0.05, 0) is 20.3 Å². The molecule has 20 heavy (non-hydrogen) atoms. The van der Waals surface area contributed by atoms with Crippen molar-refractivity contribution in [1.82, 2.24) is 15.0 Å². The standard InChI is InChI=1S/C13H22N6O/c1-5-8-15-11-16-12(18-13(17-11)20-4)19(10(2)3)9-6-7-14/h10H,5-6,8-9H2,1-4H3,(H,15,16,17,18). The van der Waals surface area contributed by atoms with Crippen molar-refractivity contribution >= 4 is 11.9 Å². The molecule has 0 radical (unpaired) electrons. The lowest BCUT2D eigenvalue weighted by Crippen LogP contribution is -2.33. The number of rotatable bonds is 8. The summed E-state index contributed by atoms with van der Waals surface area (Å²) in [4.78, 5) is 14.8. The Balaban J connectivity index is 3.03. The highest BCUT2D eigenvalue weighted by atomic mass is 16.5. The van der Waals surface area contributed by atoms with Gasteiger partial charge in [-0.15, -0.1) is 0 Å². The highest BCUT2D eigenvalue weighted by molar-refractivity contribution is 5.39. The van der Waals surface area contributed by atoms with Gasteiger partial charge in [-0.25, -0.2) is 0 Å². The van der Waals surface area contributed by atoms with E-state index in [1.807, 2.05) is 18.7 Å². The molecule has 0 atom stereocenters. The van der Waals surface area contributed by atoms with E-state index in [0.717, 1.165) is 13.0 Å². The zero-order valence-corrected chi connectivity index (χ0v) is 12.6. The second kappa shape index (κ2) is 8.15. The number of aromatic nitrogens is 3. The van der Waals surface area contributed by atoms with Crippen LogP contribution in [0.5, 0.6) is 6.01 Å². The van der Waals surface area contributed by atoms with E-state index in [0.29, 0.717) is 24.9 Å². The Morgan fingerprint density at radius 3 is 2.65 bits per heavy atom. The molecule has 0 aliphatic heterocycles. The lowest BCUT2D eigenvalue weighted by atomic mass is 10.3. The highest BCUT2D eigenvalue weighted by Crippen LogP contribution is 2.17. The van der Waals surface area contributed by atoms with Crippen molar-refractivity contribution in [3.8, 4) is 12.1 Å². The minimum absolute atomic E-state index is 0.189. The minimum atomic E-state index is 0.189. The summed E-state index contributed by atoms with van der Waals surface area (Å²) in [6.45, 7) is 7.50. The Morgan fingerprint density at radius 1 is 1.35 bits per heavy atom. The van der Waals surface area contributed by atoms with E-state index in [1.54, 1.807) is 0 Å². The van der Waals surface area contributed by atoms with Crippen molar-refractivity contribution in [3.05, 3.63) is 0 Å². The van der Waals surface area contributed by atoms with E-state index in [9.17, 15) is 0 Å². The first-order chi connectivity index (χ1) is 9.62. The van der Waals surface area contributed by atoms with Gasteiger partial charge >= 0.3 is 6.01 Å². The third-order valence-electron chi connectivity index (χ3n) is 2.66. The number of methoxy groups -OCH3 is 1. The molecule has 0 fully saturated rings. The smallest absolute Gasteiger partial charge is 0.322 e. The average molecular weight is 278 g/mol. The van der Waals surface area contributed by atoms with Crippen LogP contribution in [0.3, 0.4) is 0 Å². The van der Waals surface area contributed by atoms with E-state index >= 15 is 0 Å². The van der Waals surface area contributed by atoms with Crippen molar-refractivity contribution in [2.45, 2.75) is 39.7 Å². The van der Waals surface area contributed by atoms with Crippen LogP contribution in [0.4, 0.5) is 11.9 Å². The maximum atomic E-state index is 8.75. The van der Waals surface area contributed by atoms with E-state index in [-0.39, 0.29) is 12.1 Å². The molecule has 1 rings (SSSR count). The number of hydrogen-bond donors (Lipinski definition) is 1. The Morgan fingerprint density at radius 2 is 2.10 bits per heavy atom. The summed E-state index contributed by atoms with van der Waals surface area (Å²) in [5.74, 6) is 1.03. The molecule has 0 amide bonds. The first-order valence-corrected chi connectivity index (χ1v) is 6.79. The number of anilines is 2. The molecule has 0 aliphatic carbocycles. The van der Waals surface area contributed by atoms with Crippen LogP contribution in [-0.4, -0.2) is 41.2 Å². The molecule has 1 aromatic rings. The van der Waals surface area contributed by atoms with Gasteiger partial charge in [-0.3, -0.25) is 0 Å². The first-order valence-electron chi connectivity index (χ1n) is 6.79. The number of ether oxygens (including phenoxy) is 1. The summed E-state index contributed by atoms with van der Waals surface area (Å²) in [5, 5.41) is 11.9. The zero-order valence-electron chi connectivity index (χ0n) is 12.6. The third kappa shape index (κ3) is 4.53. The molecule has 0 aromatic carbocycles. The second-order valence-electron chi connectivity index (χ2n) is 4.57. The van der Waals surface area contributed by atoms with Gasteiger partial charge in [0.2, 0.25) is 11.9 Å². The fourth-order valence-corrected chi connectivity index (χ4v) is 1.64. The molecular formula is C13H22N6O. The number of hydrogen-bond acceptors (Lipinski definition) is 7. The fourth-order valence-electron chi connectivity index (χ4n) is 1.64. The average Bonchev–Trinajstić information content (AvgIpc) is 2.45. The first kappa shape index (κ1) is 16.0. The van der Waals surface area contributed by atoms with Gasteiger partial charge in [0.25, 0.3) is 0 Å². The molecule has 0 spiro atoms. The maximum Gasteiger partial charge on any atom is 0.322 e. The van der Waals surface area contributed by atoms with Crippen LogP contribution < -0.4 is 15.0 Å². The second-order valence-corrected chi connectivity index (χ2v) is 4.57. The molecule has 110 valence electrons. The summed E-state index contributed by atoms with van der Waals surface area (Å²) in [5.41, 5.74) is 0. The monoisotopic (exact) mass is 278 g/mol. The number of nitriles is 1. The lowest BCUT2D eigenvalue weighted by molar-refractivity contribution is 0.378. The zero-order chi connectivity index (χ0) is 15.0. The van der Waals surface area contributed by atoms with Gasteiger partial charge in [0.1, 0.15) is 0 Å². The Labute approximate surface area is 120 Å². The van der Waals surface area contributed by atoms with E-state index in [4.69, 9.17) is 10.00 Å². The van der Waals surface area contributed by atoms with Crippen LogP contribution in [0.1, 0.15) is 33.6 Å². The molecule has 1 aromatic heterocycles. The van der Waals surface area contributed by atoms with E-state index < -0.39 is 0 Å². The van der Waals surface area contributed by atoms with E-state index in [2.05, 4.69) is 33.3 Å². The molecule has 0 aliphatic rings. The predicted octanol–water partition coefficient (Wildman–Crippen LogP) is 1.83. The normalized spacial score (nSPS) is 10.2. The van der Waals surface area contributed by atoms with Crippen LogP contribution in [0.25, 0.3) is 0 Å². The molecular weight excluding hydrogens is 256 g/mol. The predicted molar refractivity (Wildman–Crippen MR) is 77.9 cm³/mol. The summed E-state index contributed by atoms with van der Waals surface area (Å²) in [6.07, 6.45) is 1.40. The Bertz CT molecular complexity index is 457. The van der Waals surface area contributed by atoms with Crippen molar-refractivity contribution < 1.29 is 4.74 Å². The Kier molecular flexibility index (Phi) is 6.50. The van der Waals surface area contributed by atoms with Crippen molar-refractivity contribution in [2.24, 2.45) is 0 Å². The largest absolute Gasteiger partial charge is 0.467 e. The van der Waals surface area contributed by atoms with Crippen LogP contribution in [0, 0.1) is 11.3 Å².